The molecule has 0 saturated carbocycles. The number of anilines is 4. The first kappa shape index (κ1) is 17.8. The fourth-order valence-electron chi connectivity index (χ4n) is 3.24. The number of imidazole rings is 2. The largest absolute Gasteiger partial charge is 0.340 e. The smallest absolute Gasteiger partial charge is 0.232 e. The number of hydrogen-bond acceptors (Lipinski definition) is 7. The standard InChI is InChI=1S/C21H19N9/c1-14-9-15(2)24-17(10-14)26-21-27-18(12-20(28-21)30-7-4-22-13-30)25-16-3-6-29-8-5-23-19(29)11-16/h3-13H,1-2H3,(H2,24,25,26,27,28). The lowest BCUT2D eigenvalue weighted by Gasteiger charge is -2.12. The molecule has 0 aliphatic carbocycles. The Morgan fingerprint density at radius 2 is 1.73 bits per heavy atom. The first-order chi connectivity index (χ1) is 14.6. The molecule has 5 aromatic rings. The highest BCUT2D eigenvalue weighted by molar-refractivity contribution is 5.64. The van der Waals surface area contributed by atoms with Gasteiger partial charge in [-0.15, -0.1) is 0 Å². The lowest BCUT2D eigenvalue weighted by Crippen LogP contribution is -2.06. The number of aromatic nitrogens is 7. The third-order valence-electron chi connectivity index (χ3n) is 4.49. The van der Waals surface area contributed by atoms with Crippen LogP contribution in [0.1, 0.15) is 11.3 Å². The van der Waals surface area contributed by atoms with Crippen LogP contribution < -0.4 is 10.6 Å². The minimum Gasteiger partial charge on any atom is -0.340 e. The lowest BCUT2D eigenvalue weighted by molar-refractivity contribution is 0.974. The van der Waals surface area contributed by atoms with Gasteiger partial charge in [-0.3, -0.25) is 4.57 Å². The van der Waals surface area contributed by atoms with E-state index in [0.717, 1.165) is 22.6 Å². The van der Waals surface area contributed by atoms with Crippen molar-refractivity contribution in [2.45, 2.75) is 13.8 Å². The van der Waals surface area contributed by atoms with Crippen molar-refractivity contribution in [2.24, 2.45) is 0 Å². The van der Waals surface area contributed by atoms with E-state index in [1.165, 1.54) is 0 Å². The summed E-state index contributed by atoms with van der Waals surface area (Å²) < 4.78 is 3.77. The highest BCUT2D eigenvalue weighted by Crippen LogP contribution is 2.22. The Morgan fingerprint density at radius 1 is 0.833 bits per heavy atom. The van der Waals surface area contributed by atoms with Crippen molar-refractivity contribution in [2.75, 3.05) is 10.6 Å². The summed E-state index contributed by atoms with van der Waals surface area (Å²) in [4.78, 5) is 22.2. The van der Waals surface area contributed by atoms with Gasteiger partial charge in [0.05, 0.1) is 0 Å². The molecule has 148 valence electrons. The van der Waals surface area contributed by atoms with Crippen LogP contribution in [0.4, 0.5) is 23.3 Å². The molecule has 9 nitrogen and oxygen atoms in total. The molecule has 5 rings (SSSR count). The molecule has 9 heteroatoms. The van der Waals surface area contributed by atoms with Gasteiger partial charge in [0, 0.05) is 54.5 Å². The maximum Gasteiger partial charge on any atom is 0.232 e. The summed E-state index contributed by atoms with van der Waals surface area (Å²) in [7, 11) is 0. The molecule has 2 N–H and O–H groups in total. The van der Waals surface area contributed by atoms with Gasteiger partial charge in [-0.25, -0.2) is 15.0 Å². The van der Waals surface area contributed by atoms with Crippen LogP contribution in [0.5, 0.6) is 0 Å². The van der Waals surface area contributed by atoms with Crippen LogP contribution in [-0.4, -0.2) is 33.9 Å². The van der Waals surface area contributed by atoms with Gasteiger partial charge in [-0.2, -0.15) is 9.97 Å². The Kier molecular flexibility index (Phi) is 4.32. The number of nitrogens with zero attached hydrogens (tertiary/aromatic N) is 7. The third kappa shape index (κ3) is 3.68. The summed E-state index contributed by atoms with van der Waals surface area (Å²) >= 11 is 0. The Bertz CT molecular complexity index is 1300. The molecule has 0 bridgehead atoms. The fourth-order valence-corrected chi connectivity index (χ4v) is 3.24. The maximum atomic E-state index is 4.63. The number of fused-ring (bicyclic) bond motifs is 1. The molecule has 0 radical (unpaired) electrons. The first-order valence-corrected chi connectivity index (χ1v) is 9.42. The van der Waals surface area contributed by atoms with E-state index in [2.05, 4.69) is 35.6 Å². The molecule has 0 aliphatic rings. The van der Waals surface area contributed by atoms with Crippen molar-refractivity contribution in [3.63, 3.8) is 0 Å². The Morgan fingerprint density at radius 3 is 2.57 bits per heavy atom. The summed E-state index contributed by atoms with van der Waals surface area (Å²) in [6, 6.07) is 9.76. The van der Waals surface area contributed by atoms with Gasteiger partial charge in [0.1, 0.15) is 29.4 Å². The van der Waals surface area contributed by atoms with E-state index in [4.69, 9.17) is 0 Å². The normalized spacial score (nSPS) is 11.0. The molecule has 0 amide bonds. The zero-order valence-electron chi connectivity index (χ0n) is 16.5. The molecule has 0 aromatic carbocycles. The number of rotatable bonds is 5. The molecule has 0 atom stereocenters. The molecular weight excluding hydrogens is 378 g/mol. The predicted octanol–water partition coefficient (Wildman–Crippen LogP) is 3.81. The van der Waals surface area contributed by atoms with Crippen molar-refractivity contribution in [1.29, 1.82) is 0 Å². The molecule has 5 aromatic heterocycles. The van der Waals surface area contributed by atoms with Crippen LogP contribution in [0.3, 0.4) is 0 Å². The number of hydrogen-bond donors (Lipinski definition) is 2. The molecule has 0 fully saturated rings. The molecule has 0 saturated heterocycles. The zero-order valence-corrected chi connectivity index (χ0v) is 16.5. The average Bonchev–Trinajstić information content (AvgIpc) is 3.39. The second-order valence-electron chi connectivity index (χ2n) is 6.93. The van der Waals surface area contributed by atoms with E-state index in [9.17, 15) is 0 Å². The van der Waals surface area contributed by atoms with Crippen molar-refractivity contribution < 1.29 is 0 Å². The summed E-state index contributed by atoms with van der Waals surface area (Å²) in [6.45, 7) is 3.99. The van der Waals surface area contributed by atoms with Crippen LogP contribution in [0.15, 0.2) is 67.6 Å². The number of aryl methyl sites for hydroxylation is 2. The summed E-state index contributed by atoms with van der Waals surface area (Å²) in [5, 5.41) is 6.55. The predicted molar refractivity (Wildman–Crippen MR) is 115 cm³/mol. The van der Waals surface area contributed by atoms with Crippen LogP contribution in [0, 0.1) is 13.8 Å². The topological polar surface area (TPSA) is 97.8 Å². The molecule has 0 spiro atoms. The third-order valence-corrected chi connectivity index (χ3v) is 4.49. The van der Waals surface area contributed by atoms with Crippen molar-refractivity contribution in [3.05, 3.63) is 78.9 Å². The quantitative estimate of drug-likeness (QED) is 0.465. The van der Waals surface area contributed by atoms with Crippen LogP contribution >= 0.6 is 0 Å². The Balaban J connectivity index is 1.52. The first-order valence-electron chi connectivity index (χ1n) is 9.42. The minimum absolute atomic E-state index is 0.433. The van der Waals surface area contributed by atoms with E-state index >= 15 is 0 Å². The van der Waals surface area contributed by atoms with Crippen LogP contribution in [0.25, 0.3) is 11.5 Å². The van der Waals surface area contributed by atoms with Crippen molar-refractivity contribution in [1.82, 2.24) is 33.9 Å². The van der Waals surface area contributed by atoms with E-state index in [1.54, 1.807) is 18.7 Å². The van der Waals surface area contributed by atoms with E-state index < -0.39 is 0 Å². The number of pyridine rings is 2. The van der Waals surface area contributed by atoms with Gasteiger partial charge in [-0.1, -0.05) is 0 Å². The molecule has 0 unspecified atom stereocenters. The van der Waals surface area contributed by atoms with Gasteiger partial charge >= 0.3 is 0 Å². The second-order valence-corrected chi connectivity index (χ2v) is 6.93. The lowest BCUT2D eigenvalue weighted by atomic mass is 10.2. The van der Waals surface area contributed by atoms with Crippen LogP contribution in [0.2, 0.25) is 0 Å². The van der Waals surface area contributed by atoms with Gasteiger partial charge in [-0.05, 0) is 37.6 Å². The average molecular weight is 397 g/mol. The van der Waals surface area contributed by atoms with Crippen molar-refractivity contribution >= 4 is 28.9 Å². The highest BCUT2D eigenvalue weighted by Gasteiger charge is 2.09. The van der Waals surface area contributed by atoms with Gasteiger partial charge in [0.2, 0.25) is 5.95 Å². The zero-order chi connectivity index (χ0) is 20.5. The van der Waals surface area contributed by atoms with Gasteiger partial charge in [0.15, 0.2) is 0 Å². The Hall–Kier alpha value is -4.27. The minimum atomic E-state index is 0.433. The summed E-state index contributed by atoms with van der Waals surface area (Å²) in [5.74, 6) is 2.44. The van der Waals surface area contributed by atoms with E-state index in [1.807, 2.05) is 71.7 Å². The molecular formula is C21H19N9. The molecule has 0 aliphatic heterocycles. The SMILES string of the molecule is Cc1cc(C)nc(Nc2nc(Nc3ccn4ccnc4c3)cc(-n3ccnc3)n2)c1. The fraction of sp³-hybridized carbons (Fsp3) is 0.0952. The van der Waals surface area contributed by atoms with E-state index in [-0.39, 0.29) is 0 Å². The Labute approximate surface area is 172 Å². The maximum absolute atomic E-state index is 4.63. The summed E-state index contributed by atoms with van der Waals surface area (Å²) in [6.07, 6.45) is 10.9. The highest BCUT2D eigenvalue weighted by atomic mass is 15.2. The van der Waals surface area contributed by atoms with Crippen LogP contribution in [-0.2, 0) is 0 Å². The summed E-state index contributed by atoms with van der Waals surface area (Å²) in [5.41, 5.74) is 3.76. The number of nitrogens with one attached hydrogen (secondary N) is 2. The molecule has 30 heavy (non-hydrogen) atoms. The molecule has 5 heterocycles. The second kappa shape index (κ2) is 7.28. The van der Waals surface area contributed by atoms with Gasteiger partial charge < -0.3 is 15.0 Å². The van der Waals surface area contributed by atoms with E-state index in [0.29, 0.717) is 23.4 Å². The van der Waals surface area contributed by atoms with Gasteiger partial charge in [0.25, 0.3) is 0 Å². The van der Waals surface area contributed by atoms with Crippen molar-refractivity contribution in [3.8, 4) is 5.82 Å². The monoisotopic (exact) mass is 397 g/mol.